The van der Waals surface area contributed by atoms with Crippen molar-refractivity contribution in [3.05, 3.63) is 51.7 Å². The Bertz CT molecular complexity index is 912. The summed E-state index contributed by atoms with van der Waals surface area (Å²) in [5.41, 5.74) is 5.21. The smallest absolute Gasteiger partial charge is 0.263 e. The standard InChI is InChI=1S/C17H18N6OS/c1-11-9-15(13(3)25-11)12(2)18-19-16(24)10-23-21-17(20-22-23)14-7-5-4-6-8-14/h4-9H,10H2,1-3H3,(H,19,24)/b18-12-. The van der Waals surface area contributed by atoms with Gasteiger partial charge in [0.05, 0.1) is 5.71 Å². The van der Waals surface area contributed by atoms with E-state index < -0.39 is 0 Å². The van der Waals surface area contributed by atoms with Crippen LogP contribution in [0.25, 0.3) is 11.4 Å². The molecule has 8 heteroatoms. The number of tetrazole rings is 1. The minimum absolute atomic E-state index is 0.0434. The molecule has 0 aliphatic rings. The molecule has 1 amide bonds. The number of hydrogen-bond acceptors (Lipinski definition) is 6. The van der Waals surface area contributed by atoms with Gasteiger partial charge in [-0.1, -0.05) is 30.3 Å². The summed E-state index contributed by atoms with van der Waals surface area (Å²) in [4.78, 5) is 15.7. The molecule has 0 aliphatic carbocycles. The van der Waals surface area contributed by atoms with Crippen LogP contribution in [-0.2, 0) is 11.3 Å². The zero-order chi connectivity index (χ0) is 17.8. The third-order valence-corrected chi connectivity index (χ3v) is 4.51. The molecule has 2 aromatic heterocycles. The summed E-state index contributed by atoms with van der Waals surface area (Å²) in [6, 6.07) is 11.6. The Morgan fingerprint density at radius 1 is 1.28 bits per heavy atom. The molecule has 0 fully saturated rings. The quantitative estimate of drug-likeness (QED) is 0.564. The van der Waals surface area contributed by atoms with Crippen LogP contribution in [-0.4, -0.2) is 31.8 Å². The lowest BCUT2D eigenvalue weighted by Crippen LogP contribution is -2.25. The van der Waals surface area contributed by atoms with Crippen molar-refractivity contribution in [3.8, 4) is 11.4 Å². The van der Waals surface area contributed by atoms with E-state index in [1.807, 2.05) is 51.1 Å². The minimum atomic E-state index is -0.305. The van der Waals surface area contributed by atoms with Crippen molar-refractivity contribution in [1.82, 2.24) is 25.6 Å². The minimum Gasteiger partial charge on any atom is -0.271 e. The Morgan fingerprint density at radius 2 is 2.04 bits per heavy atom. The topological polar surface area (TPSA) is 85.1 Å². The summed E-state index contributed by atoms with van der Waals surface area (Å²) in [6.45, 7) is 5.92. The number of aromatic nitrogens is 4. The third-order valence-electron chi connectivity index (χ3n) is 3.55. The number of benzene rings is 1. The second kappa shape index (κ2) is 7.35. The van der Waals surface area contributed by atoms with Crippen LogP contribution in [0.3, 0.4) is 0 Å². The lowest BCUT2D eigenvalue weighted by atomic mass is 10.2. The van der Waals surface area contributed by atoms with E-state index >= 15 is 0 Å². The average molecular weight is 354 g/mol. The predicted molar refractivity (Wildman–Crippen MR) is 97.4 cm³/mol. The fourth-order valence-corrected chi connectivity index (χ4v) is 3.35. The van der Waals surface area contributed by atoms with Crippen molar-refractivity contribution in [3.63, 3.8) is 0 Å². The molecule has 0 bridgehead atoms. The summed E-state index contributed by atoms with van der Waals surface area (Å²) in [5, 5.41) is 16.2. The molecule has 0 saturated carbocycles. The van der Waals surface area contributed by atoms with Crippen molar-refractivity contribution in [2.75, 3.05) is 0 Å². The van der Waals surface area contributed by atoms with Gasteiger partial charge < -0.3 is 0 Å². The molecule has 7 nitrogen and oxygen atoms in total. The number of amides is 1. The molecule has 0 aliphatic heterocycles. The van der Waals surface area contributed by atoms with Crippen LogP contribution in [0.5, 0.6) is 0 Å². The molecular weight excluding hydrogens is 336 g/mol. The van der Waals surface area contributed by atoms with Crippen molar-refractivity contribution in [2.24, 2.45) is 5.10 Å². The van der Waals surface area contributed by atoms with E-state index in [2.05, 4.69) is 32.0 Å². The molecule has 0 atom stereocenters. The molecule has 0 unspecified atom stereocenters. The average Bonchev–Trinajstić information content (AvgIpc) is 3.19. The molecule has 0 radical (unpaired) electrons. The van der Waals surface area contributed by atoms with E-state index in [0.717, 1.165) is 16.8 Å². The van der Waals surface area contributed by atoms with Gasteiger partial charge in [-0.15, -0.1) is 21.5 Å². The Labute approximate surface area is 149 Å². The second-order valence-electron chi connectivity index (χ2n) is 5.57. The summed E-state index contributed by atoms with van der Waals surface area (Å²) >= 11 is 1.71. The maximum absolute atomic E-state index is 12.0. The number of rotatable bonds is 5. The maximum Gasteiger partial charge on any atom is 0.263 e. The van der Waals surface area contributed by atoms with Gasteiger partial charge in [0.2, 0.25) is 5.82 Å². The number of hydrazone groups is 1. The van der Waals surface area contributed by atoms with E-state index in [1.54, 1.807) is 11.3 Å². The molecule has 3 rings (SSSR count). The fourth-order valence-electron chi connectivity index (χ4n) is 2.37. The molecule has 1 aromatic carbocycles. The largest absolute Gasteiger partial charge is 0.271 e. The number of carbonyl (C=O) groups excluding carboxylic acids is 1. The lowest BCUT2D eigenvalue weighted by Gasteiger charge is -2.02. The molecule has 25 heavy (non-hydrogen) atoms. The molecule has 3 aromatic rings. The van der Waals surface area contributed by atoms with Crippen molar-refractivity contribution in [1.29, 1.82) is 0 Å². The molecule has 1 N–H and O–H groups in total. The summed E-state index contributed by atoms with van der Waals surface area (Å²) in [5.74, 6) is 0.179. The van der Waals surface area contributed by atoms with Crippen LogP contribution >= 0.6 is 11.3 Å². The molecule has 2 heterocycles. The van der Waals surface area contributed by atoms with E-state index in [0.29, 0.717) is 5.82 Å². The zero-order valence-corrected chi connectivity index (χ0v) is 15.0. The monoisotopic (exact) mass is 354 g/mol. The van der Waals surface area contributed by atoms with Gasteiger partial charge in [-0.05, 0) is 32.1 Å². The van der Waals surface area contributed by atoms with Gasteiger partial charge in [-0.25, -0.2) is 5.43 Å². The van der Waals surface area contributed by atoms with Gasteiger partial charge in [0.1, 0.15) is 6.54 Å². The fraction of sp³-hybridized carbons (Fsp3) is 0.235. The first-order valence-electron chi connectivity index (χ1n) is 7.76. The highest BCUT2D eigenvalue weighted by Crippen LogP contribution is 2.21. The molecule has 0 saturated heterocycles. The van der Waals surface area contributed by atoms with Crippen molar-refractivity contribution < 1.29 is 4.79 Å². The highest BCUT2D eigenvalue weighted by atomic mass is 32.1. The van der Waals surface area contributed by atoms with Crippen molar-refractivity contribution >= 4 is 23.0 Å². The van der Waals surface area contributed by atoms with E-state index in [1.165, 1.54) is 14.6 Å². The number of thiophene rings is 1. The number of nitrogens with one attached hydrogen (secondary N) is 1. The summed E-state index contributed by atoms with van der Waals surface area (Å²) in [6.07, 6.45) is 0. The van der Waals surface area contributed by atoms with Crippen LogP contribution in [0, 0.1) is 13.8 Å². The lowest BCUT2D eigenvalue weighted by molar-refractivity contribution is -0.122. The number of nitrogens with zero attached hydrogens (tertiary/aromatic N) is 5. The van der Waals surface area contributed by atoms with E-state index in [9.17, 15) is 4.79 Å². The Morgan fingerprint density at radius 3 is 2.72 bits per heavy atom. The van der Waals surface area contributed by atoms with Gasteiger partial charge in [0, 0.05) is 20.9 Å². The normalized spacial score (nSPS) is 11.6. The zero-order valence-electron chi connectivity index (χ0n) is 14.2. The van der Waals surface area contributed by atoms with Gasteiger partial charge >= 0.3 is 0 Å². The van der Waals surface area contributed by atoms with Gasteiger partial charge in [-0.3, -0.25) is 4.79 Å². The molecule has 128 valence electrons. The van der Waals surface area contributed by atoms with Gasteiger partial charge in [0.25, 0.3) is 5.91 Å². The van der Waals surface area contributed by atoms with Crippen LogP contribution in [0.2, 0.25) is 0 Å². The SMILES string of the molecule is C/C(=N/NC(=O)Cn1nnc(-c2ccccc2)n1)c1cc(C)sc1C. The highest BCUT2D eigenvalue weighted by Gasteiger charge is 2.10. The van der Waals surface area contributed by atoms with E-state index in [-0.39, 0.29) is 12.5 Å². The first kappa shape index (κ1) is 17.0. The Kier molecular flexibility index (Phi) is 4.99. The van der Waals surface area contributed by atoms with Crippen LogP contribution in [0.1, 0.15) is 22.2 Å². The first-order chi connectivity index (χ1) is 12.0. The molecule has 0 spiro atoms. The first-order valence-corrected chi connectivity index (χ1v) is 8.58. The Hall–Kier alpha value is -2.87. The Balaban J connectivity index is 1.62. The summed E-state index contributed by atoms with van der Waals surface area (Å²) < 4.78 is 0. The van der Waals surface area contributed by atoms with Crippen LogP contribution in [0.15, 0.2) is 41.5 Å². The van der Waals surface area contributed by atoms with Gasteiger partial charge in [0.15, 0.2) is 0 Å². The summed E-state index contributed by atoms with van der Waals surface area (Å²) in [7, 11) is 0. The number of hydrogen-bond donors (Lipinski definition) is 1. The van der Waals surface area contributed by atoms with Gasteiger partial charge in [-0.2, -0.15) is 9.90 Å². The third kappa shape index (κ3) is 4.16. The maximum atomic E-state index is 12.0. The second-order valence-corrected chi connectivity index (χ2v) is 7.03. The van der Waals surface area contributed by atoms with Crippen LogP contribution in [0.4, 0.5) is 0 Å². The predicted octanol–water partition coefficient (Wildman–Crippen LogP) is 2.56. The number of carbonyl (C=O) groups is 1. The van der Waals surface area contributed by atoms with E-state index in [4.69, 9.17) is 0 Å². The van der Waals surface area contributed by atoms with Crippen molar-refractivity contribution in [2.45, 2.75) is 27.3 Å². The van der Waals surface area contributed by atoms with Crippen LogP contribution < -0.4 is 5.43 Å². The highest BCUT2D eigenvalue weighted by molar-refractivity contribution is 7.12. The molecular formula is C17H18N6OS. The number of aryl methyl sites for hydroxylation is 2.